The van der Waals surface area contributed by atoms with Gasteiger partial charge in [-0.2, -0.15) is 0 Å². The Morgan fingerprint density at radius 2 is 1.83 bits per heavy atom. The van der Waals surface area contributed by atoms with Crippen LogP contribution in [0.2, 0.25) is 5.02 Å². The predicted octanol–water partition coefficient (Wildman–Crippen LogP) is 4.27. The Balaban J connectivity index is 1.84. The van der Waals surface area contributed by atoms with Crippen molar-refractivity contribution < 1.29 is 17.9 Å². The summed E-state index contributed by atoms with van der Waals surface area (Å²) in [6, 6.07) is 18.3. The van der Waals surface area contributed by atoms with Crippen LogP contribution in [-0.4, -0.2) is 14.3 Å². The fraction of sp³-hybridized carbons (Fsp3) is 0.0952. The first-order valence-corrected chi connectivity index (χ1v) is 10.6. The second-order valence-corrected chi connectivity index (χ2v) is 8.38. The molecule has 3 rings (SSSR count). The minimum atomic E-state index is -4.10. The van der Waals surface area contributed by atoms with E-state index in [1.165, 1.54) is 12.1 Å². The molecule has 0 radical (unpaired) electrons. The van der Waals surface area contributed by atoms with Crippen LogP contribution in [0.15, 0.2) is 71.6 Å². The number of nitrogens with two attached hydrogens (primary N) is 1. The summed E-state index contributed by atoms with van der Waals surface area (Å²) in [6.45, 7) is 1.92. The molecule has 0 aliphatic rings. The van der Waals surface area contributed by atoms with Gasteiger partial charge >= 0.3 is 0 Å². The minimum absolute atomic E-state index is 0.0340. The zero-order valence-electron chi connectivity index (χ0n) is 15.6. The van der Waals surface area contributed by atoms with Gasteiger partial charge in [-0.1, -0.05) is 41.9 Å². The first-order valence-electron chi connectivity index (χ1n) is 8.67. The van der Waals surface area contributed by atoms with Crippen molar-refractivity contribution in [3.05, 3.63) is 82.9 Å². The Morgan fingerprint density at radius 1 is 1.07 bits per heavy atom. The van der Waals surface area contributed by atoms with Crippen molar-refractivity contribution in [2.75, 3.05) is 5.32 Å². The minimum Gasteiger partial charge on any atom is -0.456 e. The van der Waals surface area contributed by atoms with Crippen molar-refractivity contribution in [1.29, 1.82) is 0 Å². The molecular weight excluding hydrogens is 412 g/mol. The van der Waals surface area contributed by atoms with Crippen molar-refractivity contribution in [2.45, 2.75) is 18.2 Å². The molecule has 0 heterocycles. The molecule has 0 aliphatic carbocycles. The van der Waals surface area contributed by atoms with Crippen molar-refractivity contribution in [1.82, 2.24) is 0 Å². The van der Waals surface area contributed by atoms with Gasteiger partial charge in [-0.05, 0) is 54.4 Å². The smallest absolute Gasteiger partial charge is 0.241 e. The first kappa shape index (κ1) is 20.9. The number of hydrogen-bond donors (Lipinski definition) is 2. The van der Waals surface area contributed by atoms with Crippen LogP contribution in [0.1, 0.15) is 11.1 Å². The monoisotopic (exact) mass is 430 g/mol. The van der Waals surface area contributed by atoms with Gasteiger partial charge in [0.15, 0.2) is 0 Å². The number of nitrogens with one attached hydrogen (secondary N) is 1. The SMILES string of the molecule is Cc1ccccc1CC(=O)Nc1ccc(Oc2cccc(Cl)c2)c(S(N)(=O)=O)c1. The molecule has 6 nitrogen and oxygen atoms in total. The van der Waals surface area contributed by atoms with Crippen LogP contribution >= 0.6 is 11.6 Å². The van der Waals surface area contributed by atoms with Gasteiger partial charge < -0.3 is 10.1 Å². The molecule has 0 saturated carbocycles. The van der Waals surface area contributed by atoms with E-state index in [1.54, 1.807) is 30.3 Å². The van der Waals surface area contributed by atoms with E-state index in [2.05, 4.69) is 5.32 Å². The second-order valence-electron chi connectivity index (χ2n) is 6.42. The Bertz CT molecular complexity index is 1160. The second kappa shape index (κ2) is 8.65. The fourth-order valence-corrected chi connectivity index (χ4v) is 3.60. The molecule has 8 heteroatoms. The van der Waals surface area contributed by atoms with E-state index in [0.717, 1.165) is 11.1 Å². The highest BCUT2D eigenvalue weighted by Gasteiger charge is 2.18. The summed E-state index contributed by atoms with van der Waals surface area (Å²) in [4.78, 5) is 12.1. The van der Waals surface area contributed by atoms with E-state index < -0.39 is 10.0 Å². The fourth-order valence-electron chi connectivity index (χ4n) is 2.74. The number of primary sulfonamides is 1. The predicted molar refractivity (Wildman–Crippen MR) is 113 cm³/mol. The van der Waals surface area contributed by atoms with Crippen LogP contribution in [0.5, 0.6) is 11.5 Å². The molecule has 0 fully saturated rings. The van der Waals surface area contributed by atoms with Gasteiger partial charge in [0.2, 0.25) is 15.9 Å². The Kier molecular flexibility index (Phi) is 6.22. The number of carbonyl (C=O) groups excluding carboxylic acids is 1. The summed E-state index contributed by atoms with van der Waals surface area (Å²) in [7, 11) is -4.10. The maximum absolute atomic E-state index is 12.4. The molecule has 150 valence electrons. The zero-order chi connectivity index (χ0) is 21.0. The average Bonchev–Trinajstić information content (AvgIpc) is 2.64. The van der Waals surface area contributed by atoms with Gasteiger partial charge in [0.25, 0.3) is 0 Å². The normalized spacial score (nSPS) is 11.1. The number of carbonyl (C=O) groups is 1. The number of anilines is 1. The van der Waals surface area contributed by atoms with Gasteiger partial charge in [-0.15, -0.1) is 0 Å². The molecular formula is C21H19ClN2O4S. The molecule has 0 unspecified atom stereocenters. The van der Waals surface area contributed by atoms with Gasteiger partial charge in [-0.25, -0.2) is 13.6 Å². The van der Waals surface area contributed by atoms with E-state index in [1.807, 2.05) is 31.2 Å². The Morgan fingerprint density at radius 3 is 2.52 bits per heavy atom. The average molecular weight is 431 g/mol. The molecule has 0 aromatic heterocycles. The molecule has 3 aromatic carbocycles. The van der Waals surface area contributed by atoms with Crippen molar-refractivity contribution in [3.63, 3.8) is 0 Å². The lowest BCUT2D eigenvalue weighted by Gasteiger charge is -2.13. The highest BCUT2D eigenvalue weighted by Crippen LogP contribution is 2.31. The Hall–Kier alpha value is -2.87. The number of rotatable bonds is 6. The Labute approximate surface area is 174 Å². The highest BCUT2D eigenvalue weighted by molar-refractivity contribution is 7.89. The molecule has 0 bridgehead atoms. The quantitative estimate of drug-likeness (QED) is 0.610. The number of amides is 1. The van der Waals surface area contributed by atoms with Crippen molar-refractivity contribution in [2.24, 2.45) is 5.14 Å². The topological polar surface area (TPSA) is 98.5 Å². The van der Waals surface area contributed by atoms with Gasteiger partial charge in [0.05, 0.1) is 6.42 Å². The number of halogens is 1. The summed E-state index contributed by atoms with van der Waals surface area (Å²) < 4.78 is 29.7. The number of hydrogen-bond acceptors (Lipinski definition) is 4. The number of ether oxygens (including phenoxy) is 1. The van der Waals surface area contributed by atoms with Crippen LogP contribution in [0.4, 0.5) is 5.69 Å². The summed E-state index contributed by atoms with van der Waals surface area (Å²) in [5, 5.41) is 8.48. The largest absolute Gasteiger partial charge is 0.456 e. The van der Waals surface area contributed by atoms with Gasteiger partial charge in [0, 0.05) is 10.7 Å². The zero-order valence-corrected chi connectivity index (χ0v) is 17.1. The third kappa shape index (κ3) is 5.57. The summed E-state index contributed by atoms with van der Waals surface area (Å²) in [5.41, 5.74) is 2.18. The molecule has 3 aromatic rings. The maximum Gasteiger partial charge on any atom is 0.241 e. The van der Waals surface area contributed by atoms with Gasteiger partial charge in [-0.3, -0.25) is 4.79 Å². The molecule has 0 aliphatic heterocycles. The molecule has 1 amide bonds. The number of sulfonamides is 1. The summed E-state index contributed by atoms with van der Waals surface area (Å²) >= 11 is 5.93. The number of aryl methyl sites for hydroxylation is 1. The lowest BCUT2D eigenvalue weighted by Crippen LogP contribution is -2.17. The van der Waals surface area contributed by atoms with E-state index in [-0.39, 0.29) is 23.0 Å². The van der Waals surface area contributed by atoms with Gasteiger partial charge in [0.1, 0.15) is 16.4 Å². The molecule has 0 spiro atoms. The summed E-state index contributed by atoms with van der Waals surface area (Å²) in [5.74, 6) is 0.119. The van der Waals surface area contributed by atoms with Crippen molar-refractivity contribution in [3.8, 4) is 11.5 Å². The van der Waals surface area contributed by atoms with E-state index in [0.29, 0.717) is 16.5 Å². The van der Waals surface area contributed by atoms with Crippen LogP contribution in [0, 0.1) is 6.92 Å². The molecule has 0 saturated heterocycles. The lowest BCUT2D eigenvalue weighted by molar-refractivity contribution is -0.115. The van der Waals surface area contributed by atoms with Crippen LogP contribution in [0.25, 0.3) is 0 Å². The summed E-state index contributed by atoms with van der Waals surface area (Å²) in [6.07, 6.45) is 0.165. The van der Waals surface area contributed by atoms with E-state index in [4.69, 9.17) is 21.5 Å². The molecule has 0 atom stereocenters. The highest BCUT2D eigenvalue weighted by atomic mass is 35.5. The molecule has 3 N–H and O–H groups in total. The maximum atomic E-state index is 12.4. The van der Waals surface area contributed by atoms with E-state index >= 15 is 0 Å². The number of benzene rings is 3. The third-order valence-electron chi connectivity index (χ3n) is 4.17. The third-order valence-corrected chi connectivity index (χ3v) is 5.34. The standard InChI is InChI=1S/C21H19ClN2O4S/c1-14-5-2-3-6-15(14)11-21(25)24-17-9-10-19(20(13-17)29(23,26)27)28-18-8-4-7-16(22)12-18/h2-10,12-13H,11H2,1H3,(H,24,25)(H2,23,26,27). The van der Waals surface area contributed by atoms with Crippen LogP contribution in [0.3, 0.4) is 0 Å². The lowest BCUT2D eigenvalue weighted by atomic mass is 10.1. The van der Waals surface area contributed by atoms with Crippen LogP contribution in [-0.2, 0) is 21.2 Å². The van der Waals surface area contributed by atoms with Crippen molar-refractivity contribution >= 4 is 33.2 Å². The van der Waals surface area contributed by atoms with Crippen LogP contribution < -0.4 is 15.2 Å². The molecule has 29 heavy (non-hydrogen) atoms. The first-order chi connectivity index (χ1) is 13.7. The van der Waals surface area contributed by atoms with E-state index in [9.17, 15) is 13.2 Å².